The minimum Gasteiger partial charge on any atom is -0.497 e. The first kappa shape index (κ1) is 22.3. The molecule has 0 aliphatic carbocycles. The highest BCUT2D eigenvalue weighted by Crippen LogP contribution is 2.33. The molecule has 32 heavy (non-hydrogen) atoms. The van der Waals surface area contributed by atoms with Gasteiger partial charge in [-0.2, -0.15) is 0 Å². The van der Waals surface area contributed by atoms with E-state index in [0.717, 1.165) is 43.7 Å². The first-order valence-electron chi connectivity index (χ1n) is 11.3. The van der Waals surface area contributed by atoms with Gasteiger partial charge in [0.25, 0.3) is 5.91 Å². The zero-order valence-electron chi connectivity index (χ0n) is 19.0. The second kappa shape index (κ2) is 9.73. The van der Waals surface area contributed by atoms with E-state index in [1.54, 1.807) is 26.1 Å². The number of hydrogen-bond acceptors (Lipinski definition) is 6. The molecule has 2 fully saturated rings. The summed E-state index contributed by atoms with van der Waals surface area (Å²) in [6, 6.07) is 7.75. The highest BCUT2D eigenvalue weighted by atomic mass is 16.5. The highest BCUT2D eigenvalue weighted by Gasteiger charge is 2.39. The van der Waals surface area contributed by atoms with E-state index in [9.17, 15) is 9.59 Å². The van der Waals surface area contributed by atoms with Crippen molar-refractivity contribution < 1.29 is 18.7 Å². The normalized spacial score (nSPS) is 22.5. The number of carbonyl (C=O) groups is 2. The molecule has 3 atom stereocenters. The first-order chi connectivity index (χ1) is 15.5. The Bertz CT molecular complexity index is 940. The number of carbonyl (C=O) groups excluding carboxylic acids is 2. The average Bonchev–Trinajstić information content (AvgIpc) is 3.29. The van der Waals surface area contributed by atoms with Crippen LogP contribution in [0.3, 0.4) is 0 Å². The Morgan fingerprint density at radius 1 is 1.25 bits per heavy atom. The summed E-state index contributed by atoms with van der Waals surface area (Å²) < 4.78 is 10.8. The molecule has 2 saturated heterocycles. The van der Waals surface area contributed by atoms with Crippen LogP contribution in [0.2, 0.25) is 0 Å². The van der Waals surface area contributed by atoms with E-state index in [1.807, 2.05) is 29.2 Å². The molecule has 2 bridgehead atoms. The van der Waals surface area contributed by atoms with Crippen molar-refractivity contribution in [3.63, 3.8) is 0 Å². The Hall–Kier alpha value is -2.87. The molecule has 2 aliphatic rings. The van der Waals surface area contributed by atoms with Crippen LogP contribution in [-0.2, 0) is 4.79 Å². The molecular formula is C24H32N4O4. The standard InChI is InChI=1S/C24H32N4O4/c1-27(2)21(29)6-4-5-20-18-11-16(12-25-20)13-28(14-18)24(30)22-23(32-15-26-22)17-7-9-19(31-3)10-8-17/h7-10,15-16,18,20,25H,4-6,11-14H2,1-3H3. The summed E-state index contributed by atoms with van der Waals surface area (Å²) in [4.78, 5) is 33.1. The second-order valence-corrected chi connectivity index (χ2v) is 9.03. The van der Waals surface area contributed by atoms with Crippen molar-refractivity contribution in [3.05, 3.63) is 36.4 Å². The van der Waals surface area contributed by atoms with Crippen molar-refractivity contribution >= 4 is 11.8 Å². The molecule has 1 N–H and O–H groups in total. The lowest BCUT2D eigenvalue weighted by molar-refractivity contribution is -0.128. The van der Waals surface area contributed by atoms with Gasteiger partial charge < -0.3 is 24.3 Å². The number of ether oxygens (including phenoxy) is 1. The summed E-state index contributed by atoms with van der Waals surface area (Å²) in [7, 11) is 5.20. The van der Waals surface area contributed by atoms with Gasteiger partial charge in [0, 0.05) is 45.2 Å². The fourth-order valence-corrected chi connectivity index (χ4v) is 4.87. The number of fused-ring (bicyclic) bond motifs is 2. The van der Waals surface area contributed by atoms with Gasteiger partial charge in [-0.25, -0.2) is 4.98 Å². The molecule has 8 heteroatoms. The van der Waals surface area contributed by atoms with Gasteiger partial charge in [0.2, 0.25) is 5.91 Å². The van der Waals surface area contributed by atoms with E-state index in [2.05, 4.69) is 10.3 Å². The van der Waals surface area contributed by atoms with Gasteiger partial charge in [-0.1, -0.05) is 0 Å². The van der Waals surface area contributed by atoms with Crippen LogP contribution in [-0.4, -0.2) is 73.5 Å². The smallest absolute Gasteiger partial charge is 0.276 e. The number of amides is 2. The fourth-order valence-electron chi connectivity index (χ4n) is 4.87. The van der Waals surface area contributed by atoms with Crippen LogP contribution in [0.15, 0.2) is 35.1 Å². The van der Waals surface area contributed by atoms with Crippen molar-refractivity contribution in [2.24, 2.45) is 11.8 Å². The maximum Gasteiger partial charge on any atom is 0.276 e. The fraction of sp³-hybridized carbons (Fsp3) is 0.542. The van der Waals surface area contributed by atoms with Gasteiger partial charge in [-0.3, -0.25) is 9.59 Å². The van der Waals surface area contributed by atoms with Crippen molar-refractivity contribution in [3.8, 4) is 17.1 Å². The molecule has 172 valence electrons. The topological polar surface area (TPSA) is 87.9 Å². The molecular weight excluding hydrogens is 408 g/mol. The number of methoxy groups -OCH3 is 1. The minimum absolute atomic E-state index is 0.0808. The van der Waals surface area contributed by atoms with Crippen LogP contribution >= 0.6 is 0 Å². The van der Waals surface area contributed by atoms with E-state index in [-0.39, 0.29) is 11.8 Å². The van der Waals surface area contributed by atoms with Crippen LogP contribution in [0, 0.1) is 11.8 Å². The third-order valence-corrected chi connectivity index (χ3v) is 6.62. The lowest BCUT2D eigenvalue weighted by Crippen LogP contribution is -2.57. The van der Waals surface area contributed by atoms with Gasteiger partial charge in [0.15, 0.2) is 17.8 Å². The van der Waals surface area contributed by atoms with Crippen molar-refractivity contribution in [2.45, 2.75) is 31.7 Å². The summed E-state index contributed by atoms with van der Waals surface area (Å²) in [5, 5.41) is 3.66. The molecule has 8 nitrogen and oxygen atoms in total. The zero-order chi connectivity index (χ0) is 22.7. The molecule has 2 aromatic rings. The predicted octanol–water partition coefficient (Wildman–Crippen LogP) is 2.66. The Kier molecular flexibility index (Phi) is 6.79. The summed E-state index contributed by atoms with van der Waals surface area (Å²) in [5.41, 5.74) is 1.16. The zero-order valence-corrected chi connectivity index (χ0v) is 19.0. The Morgan fingerprint density at radius 3 is 2.75 bits per heavy atom. The van der Waals surface area contributed by atoms with Crippen LogP contribution in [0.4, 0.5) is 0 Å². The number of benzene rings is 1. The monoisotopic (exact) mass is 440 g/mol. The molecule has 1 aromatic heterocycles. The Labute approximate surface area is 188 Å². The number of nitrogens with one attached hydrogen (secondary N) is 1. The number of likely N-dealkylation sites (tertiary alicyclic amines) is 1. The molecule has 0 radical (unpaired) electrons. The summed E-state index contributed by atoms with van der Waals surface area (Å²) in [6.45, 7) is 2.32. The van der Waals surface area contributed by atoms with Crippen molar-refractivity contribution in [2.75, 3.05) is 40.8 Å². The number of rotatable bonds is 7. The van der Waals surface area contributed by atoms with Gasteiger partial charge >= 0.3 is 0 Å². The number of aromatic nitrogens is 1. The Morgan fingerprint density at radius 2 is 2.03 bits per heavy atom. The van der Waals surface area contributed by atoms with Crippen LogP contribution in [0.1, 0.15) is 36.2 Å². The van der Waals surface area contributed by atoms with Crippen LogP contribution in [0.25, 0.3) is 11.3 Å². The van der Waals surface area contributed by atoms with Gasteiger partial charge in [0.05, 0.1) is 7.11 Å². The maximum absolute atomic E-state index is 13.4. The Balaban J connectivity index is 1.42. The minimum atomic E-state index is -0.0808. The van der Waals surface area contributed by atoms with Gasteiger partial charge in [-0.05, 0) is 61.9 Å². The SMILES string of the molecule is COc1ccc(-c2ocnc2C(=O)N2CC3CNC(CCCC(=O)N(C)C)C(C3)C2)cc1. The molecule has 3 unspecified atom stereocenters. The number of nitrogens with zero attached hydrogens (tertiary/aromatic N) is 3. The van der Waals surface area contributed by atoms with Gasteiger partial charge in [-0.15, -0.1) is 0 Å². The first-order valence-corrected chi connectivity index (χ1v) is 11.3. The van der Waals surface area contributed by atoms with E-state index >= 15 is 0 Å². The predicted molar refractivity (Wildman–Crippen MR) is 120 cm³/mol. The van der Waals surface area contributed by atoms with E-state index in [1.165, 1.54) is 6.39 Å². The quantitative estimate of drug-likeness (QED) is 0.712. The molecule has 1 aromatic carbocycles. The third-order valence-electron chi connectivity index (χ3n) is 6.62. The molecule has 0 spiro atoms. The molecule has 4 rings (SSSR count). The number of oxazole rings is 1. The summed E-state index contributed by atoms with van der Waals surface area (Å²) >= 11 is 0. The molecule has 2 amide bonds. The lowest BCUT2D eigenvalue weighted by atomic mass is 9.79. The van der Waals surface area contributed by atoms with E-state index in [0.29, 0.717) is 42.3 Å². The maximum atomic E-state index is 13.4. The molecule has 0 saturated carbocycles. The number of piperidine rings is 2. The van der Waals surface area contributed by atoms with Crippen LogP contribution < -0.4 is 10.1 Å². The lowest BCUT2D eigenvalue weighted by Gasteiger charge is -2.46. The third kappa shape index (κ3) is 4.80. The summed E-state index contributed by atoms with van der Waals surface area (Å²) in [6.07, 6.45) is 4.82. The second-order valence-electron chi connectivity index (χ2n) is 9.03. The summed E-state index contributed by atoms with van der Waals surface area (Å²) in [5.74, 6) is 2.14. The molecule has 3 heterocycles. The van der Waals surface area contributed by atoms with E-state index < -0.39 is 0 Å². The highest BCUT2D eigenvalue weighted by molar-refractivity contribution is 5.97. The largest absolute Gasteiger partial charge is 0.497 e. The number of hydrogen-bond donors (Lipinski definition) is 1. The van der Waals surface area contributed by atoms with Crippen molar-refractivity contribution in [1.82, 2.24) is 20.1 Å². The van der Waals surface area contributed by atoms with E-state index in [4.69, 9.17) is 9.15 Å². The average molecular weight is 441 g/mol. The van der Waals surface area contributed by atoms with Gasteiger partial charge in [0.1, 0.15) is 5.75 Å². The van der Waals surface area contributed by atoms with Crippen LogP contribution in [0.5, 0.6) is 5.75 Å². The molecule has 2 aliphatic heterocycles. The van der Waals surface area contributed by atoms with Crippen molar-refractivity contribution in [1.29, 1.82) is 0 Å².